The fourth-order valence-electron chi connectivity index (χ4n) is 0.905. The summed E-state index contributed by atoms with van der Waals surface area (Å²) in [7, 11) is 0. The van der Waals surface area contributed by atoms with Crippen molar-refractivity contribution >= 4 is 15.9 Å². The molecule has 0 fully saturated rings. The van der Waals surface area contributed by atoms with Crippen LogP contribution in [-0.2, 0) is 0 Å². The van der Waals surface area contributed by atoms with Crippen molar-refractivity contribution < 1.29 is 13.2 Å². The summed E-state index contributed by atoms with van der Waals surface area (Å²) in [5.41, 5.74) is 5.08. The van der Waals surface area contributed by atoms with Crippen LogP contribution in [-0.4, -0.2) is 6.54 Å². The quantitative estimate of drug-likeness (QED) is 0.807. The molecule has 0 bridgehead atoms. The first kappa shape index (κ1) is 10.5. The van der Waals surface area contributed by atoms with E-state index in [0.29, 0.717) is 0 Å². The highest BCUT2D eigenvalue weighted by molar-refractivity contribution is 9.10. The van der Waals surface area contributed by atoms with E-state index in [-0.39, 0.29) is 16.6 Å². The molecular formula is C8H7BrF3N. The predicted octanol–water partition coefficient (Wildman–Crippen LogP) is 2.70. The third kappa shape index (κ3) is 2.22. The molecule has 0 aromatic heterocycles. The minimum atomic E-state index is -1.48. The Bertz CT molecular complexity index is 317. The molecule has 1 rings (SSSR count). The van der Waals surface area contributed by atoms with Crippen molar-refractivity contribution in [2.75, 3.05) is 6.54 Å². The zero-order valence-corrected chi connectivity index (χ0v) is 8.11. The molecular weight excluding hydrogens is 247 g/mol. The zero-order valence-electron chi connectivity index (χ0n) is 6.53. The summed E-state index contributed by atoms with van der Waals surface area (Å²) in [6, 6.07) is 1.68. The second-order valence-corrected chi connectivity index (χ2v) is 3.35. The van der Waals surface area contributed by atoms with Crippen molar-refractivity contribution in [1.29, 1.82) is 0 Å². The maximum Gasteiger partial charge on any atom is 0.159 e. The molecule has 0 aliphatic heterocycles. The van der Waals surface area contributed by atoms with Crippen LogP contribution in [0.1, 0.15) is 11.7 Å². The van der Waals surface area contributed by atoms with E-state index in [1.807, 2.05) is 0 Å². The molecule has 1 aromatic carbocycles. The molecule has 1 unspecified atom stereocenters. The van der Waals surface area contributed by atoms with Gasteiger partial charge in [-0.2, -0.15) is 0 Å². The van der Waals surface area contributed by atoms with Gasteiger partial charge in [0.05, 0.1) is 0 Å². The van der Waals surface area contributed by atoms with Crippen molar-refractivity contribution in [2.45, 2.75) is 6.17 Å². The minimum Gasteiger partial charge on any atom is -0.327 e. The zero-order chi connectivity index (χ0) is 10.0. The van der Waals surface area contributed by atoms with E-state index in [4.69, 9.17) is 5.73 Å². The molecule has 0 radical (unpaired) electrons. The number of alkyl halides is 1. The summed E-state index contributed by atoms with van der Waals surface area (Å²) in [6.45, 7) is -0.260. The number of halogens is 4. The second kappa shape index (κ2) is 4.11. The predicted molar refractivity (Wildman–Crippen MR) is 47.0 cm³/mol. The summed E-state index contributed by atoms with van der Waals surface area (Å²) < 4.78 is 38.4. The van der Waals surface area contributed by atoms with Gasteiger partial charge in [-0.15, -0.1) is 0 Å². The first-order valence-corrected chi connectivity index (χ1v) is 4.34. The maximum atomic E-state index is 13.0. The van der Waals surface area contributed by atoms with E-state index in [2.05, 4.69) is 15.9 Å². The Morgan fingerprint density at radius 3 is 2.38 bits per heavy atom. The van der Waals surface area contributed by atoms with Gasteiger partial charge in [0.2, 0.25) is 0 Å². The monoisotopic (exact) mass is 253 g/mol. The van der Waals surface area contributed by atoms with Crippen molar-refractivity contribution in [2.24, 2.45) is 5.73 Å². The number of hydrogen-bond donors (Lipinski definition) is 1. The molecule has 0 aliphatic rings. The molecule has 0 heterocycles. The van der Waals surface area contributed by atoms with Gasteiger partial charge in [0, 0.05) is 16.6 Å². The van der Waals surface area contributed by atoms with Crippen LogP contribution in [0, 0.1) is 11.6 Å². The van der Waals surface area contributed by atoms with Crippen molar-refractivity contribution in [3.63, 3.8) is 0 Å². The molecule has 72 valence electrons. The van der Waals surface area contributed by atoms with Crippen LogP contribution in [0.2, 0.25) is 0 Å². The Morgan fingerprint density at radius 2 is 1.85 bits per heavy atom. The highest BCUT2D eigenvalue weighted by Crippen LogP contribution is 2.27. The smallest absolute Gasteiger partial charge is 0.159 e. The largest absolute Gasteiger partial charge is 0.327 e. The average Bonchev–Trinajstić information content (AvgIpc) is 2.10. The number of hydrogen-bond acceptors (Lipinski definition) is 1. The van der Waals surface area contributed by atoms with E-state index < -0.39 is 17.8 Å². The Labute approximate surface area is 81.9 Å². The molecule has 5 heteroatoms. The van der Waals surface area contributed by atoms with E-state index in [0.717, 1.165) is 12.1 Å². The fraction of sp³-hybridized carbons (Fsp3) is 0.250. The lowest BCUT2D eigenvalue weighted by Gasteiger charge is -2.08. The third-order valence-electron chi connectivity index (χ3n) is 1.58. The Balaban J connectivity index is 3.15. The molecule has 13 heavy (non-hydrogen) atoms. The minimum absolute atomic E-state index is 0.0291. The van der Waals surface area contributed by atoms with E-state index >= 15 is 0 Å². The van der Waals surface area contributed by atoms with Gasteiger partial charge in [-0.05, 0) is 12.1 Å². The van der Waals surface area contributed by atoms with Crippen LogP contribution < -0.4 is 5.73 Å². The SMILES string of the molecule is NCC(F)c1cc(F)c(F)cc1Br. The Hall–Kier alpha value is -0.550. The van der Waals surface area contributed by atoms with Crippen LogP contribution in [0.5, 0.6) is 0 Å². The number of benzene rings is 1. The normalized spacial score (nSPS) is 13.0. The van der Waals surface area contributed by atoms with Crippen LogP contribution in [0.15, 0.2) is 16.6 Å². The van der Waals surface area contributed by atoms with E-state index in [9.17, 15) is 13.2 Å². The number of rotatable bonds is 2. The van der Waals surface area contributed by atoms with Gasteiger partial charge in [0.1, 0.15) is 6.17 Å². The van der Waals surface area contributed by atoms with Crippen LogP contribution in [0.3, 0.4) is 0 Å². The standard InChI is InChI=1S/C8H7BrF3N/c9-5-2-7(11)6(10)1-4(5)8(12)3-13/h1-2,8H,3,13H2. The highest BCUT2D eigenvalue weighted by Gasteiger charge is 2.15. The van der Waals surface area contributed by atoms with Gasteiger partial charge in [0.25, 0.3) is 0 Å². The molecule has 2 N–H and O–H groups in total. The fourth-order valence-corrected chi connectivity index (χ4v) is 1.47. The molecule has 0 spiro atoms. The Kier molecular flexibility index (Phi) is 3.33. The van der Waals surface area contributed by atoms with Gasteiger partial charge in [-0.1, -0.05) is 15.9 Å². The molecule has 1 nitrogen and oxygen atoms in total. The molecule has 0 amide bonds. The molecule has 1 atom stereocenters. The summed E-state index contributed by atoms with van der Waals surface area (Å²) in [4.78, 5) is 0. The first-order chi connectivity index (χ1) is 6.06. The summed E-state index contributed by atoms with van der Waals surface area (Å²) in [5.74, 6) is -2.09. The maximum absolute atomic E-state index is 13.0. The van der Waals surface area contributed by atoms with Gasteiger partial charge in [-0.3, -0.25) is 0 Å². The molecule has 0 saturated heterocycles. The highest BCUT2D eigenvalue weighted by atomic mass is 79.9. The second-order valence-electron chi connectivity index (χ2n) is 2.49. The van der Waals surface area contributed by atoms with Gasteiger partial charge >= 0.3 is 0 Å². The van der Waals surface area contributed by atoms with Crippen molar-refractivity contribution in [3.8, 4) is 0 Å². The molecule has 0 aliphatic carbocycles. The van der Waals surface area contributed by atoms with Gasteiger partial charge in [-0.25, -0.2) is 13.2 Å². The lowest BCUT2D eigenvalue weighted by molar-refractivity contribution is 0.349. The van der Waals surface area contributed by atoms with E-state index in [1.54, 1.807) is 0 Å². The first-order valence-electron chi connectivity index (χ1n) is 3.55. The summed E-state index contributed by atoms with van der Waals surface area (Å²) in [6.07, 6.45) is -1.48. The number of nitrogens with two attached hydrogens (primary N) is 1. The third-order valence-corrected chi connectivity index (χ3v) is 2.27. The van der Waals surface area contributed by atoms with E-state index in [1.165, 1.54) is 0 Å². The average molecular weight is 254 g/mol. The van der Waals surface area contributed by atoms with Crippen molar-refractivity contribution in [3.05, 3.63) is 33.8 Å². The van der Waals surface area contributed by atoms with Crippen LogP contribution >= 0.6 is 15.9 Å². The van der Waals surface area contributed by atoms with Gasteiger partial charge < -0.3 is 5.73 Å². The Morgan fingerprint density at radius 1 is 1.31 bits per heavy atom. The van der Waals surface area contributed by atoms with Crippen LogP contribution in [0.4, 0.5) is 13.2 Å². The molecule has 1 aromatic rings. The lowest BCUT2D eigenvalue weighted by atomic mass is 10.1. The molecule has 0 saturated carbocycles. The van der Waals surface area contributed by atoms with Crippen molar-refractivity contribution in [1.82, 2.24) is 0 Å². The summed E-state index contributed by atoms with van der Waals surface area (Å²) in [5, 5.41) is 0. The van der Waals surface area contributed by atoms with Crippen LogP contribution in [0.25, 0.3) is 0 Å². The topological polar surface area (TPSA) is 26.0 Å². The van der Waals surface area contributed by atoms with Gasteiger partial charge in [0.15, 0.2) is 11.6 Å². The lowest BCUT2D eigenvalue weighted by Crippen LogP contribution is -2.09. The summed E-state index contributed by atoms with van der Waals surface area (Å²) >= 11 is 2.92.